The van der Waals surface area contributed by atoms with E-state index >= 15 is 0 Å². The number of rotatable bonds is 7. The minimum atomic E-state index is -2.00. The fourth-order valence-corrected chi connectivity index (χ4v) is 4.89. The van der Waals surface area contributed by atoms with Gasteiger partial charge in [-0.3, -0.25) is 4.79 Å². The SMILES string of the molecule is O=c1c(O[C@@H]2O[C@H](COC3O[C@H](CO)[C@@H](O)[C@H](O)[C@H]3O)[C@@H](O)[C@H](O)[C@H]2O)c(-c2ccc(O)c(O)c2)oc2cc(O)cc(O)c12. The number of phenols is 4. The van der Waals surface area contributed by atoms with Gasteiger partial charge in [-0.15, -0.1) is 0 Å². The van der Waals surface area contributed by atoms with E-state index in [1.54, 1.807) is 0 Å². The van der Waals surface area contributed by atoms with Gasteiger partial charge in [0.25, 0.3) is 0 Å². The van der Waals surface area contributed by atoms with Gasteiger partial charge in [0.2, 0.25) is 17.5 Å². The molecule has 17 heteroatoms. The molecule has 1 aromatic heterocycles. The minimum absolute atomic E-state index is 0.0504. The topological polar surface area (TPSA) is 290 Å². The van der Waals surface area contributed by atoms with E-state index in [1.165, 1.54) is 6.07 Å². The average molecular weight is 627 g/mol. The van der Waals surface area contributed by atoms with Crippen LogP contribution in [-0.4, -0.2) is 131 Å². The van der Waals surface area contributed by atoms with Gasteiger partial charge in [0, 0.05) is 17.7 Å². The Bertz CT molecular complexity index is 1560. The molecular formula is C27H30O17. The van der Waals surface area contributed by atoms with Gasteiger partial charge in [0.1, 0.15) is 71.3 Å². The van der Waals surface area contributed by atoms with Crippen LogP contribution in [0.1, 0.15) is 0 Å². The molecule has 11 N–H and O–H groups in total. The van der Waals surface area contributed by atoms with Crippen LogP contribution in [0.25, 0.3) is 22.3 Å². The molecule has 0 amide bonds. The maximum atomic E-state index is 13.6. The third kappa shape index (κ3) is 5.73. The number of aromatic hydroxyl groups is 4. The number of aliphatic hydroxyl groups is 7. The Labute approximate surface area is 246 Å². The van der Waals surface area contributed by atoms with Crippen LogP contribution in [0.15, 0.2) is 39.5 Å². The predicted octanol–water partition coefficient (Wildman–Crippen LogP) is -2.71. The fraction of sp³-hybridized carbons (Fsp3) is 0.444. The summed E-state index contributed by atoms with van der Waals surface area (Å²) >= 11 is 0. The smallest absolute Gasteiger partial charge is 0.239 e. The van der Waals surface area contributed by atoms with Gasteiger partial charge in [0.15, 0.2) is 23.5 Å². The largest absolute Gasteiger partial charge is 0.508 e. The molecule has 0 bridgehead atoms. The van der Waals surface area contributed by atoms with Crippen molar-refractivity contribution in [2.45, 2.75) is 61.4 Å². The summed E-state index contributed by atoms with van der Waals surface area (Å²) in [5.41, 5.74) is -1.41. The molecule has 0 radical (unpaired) electrons. The van der Waals surface area contributed by atoms with E-state index in [4.69, 9.17) is 23.4 Å². The van der Waals surface area contributed by atoms with Crippen LogP contribution < -0.4 is 10.2 Å². The molecule has 2 aromatic carbocycles. The number of hydrogen-bond donors (Lipinski definition) is 11. The molecule has 0 saturated carbocycles. The van der Waals surface area contributed by atoms with Crippen molar-refractivity contribution >= 4 is 11.0 Å². The molecule has 2 fully saturated rings. The van der Waals surface area contributed by atoms with Crippen molar-refractivity contribution in [2.24, 2.45) is 0 Å². The van der Waals surface area contributed by atoms with Gasteiger partial charge in [-0.2, -0.15) is 0 Å². The van der Waals surface area contributed by atoms with Crippen LogP contribution >= 0.6 is 0 Å². The van der Waals surface area contributed by atoms with Crippen molar-refractivity contribution in [3.8, 4) is 40.1 Å². The number of aliphatic hydroxyl groups excluding tert-OH is 7. The summed E-state index contributed by atoms with van der Waals surface area (Å²) in [6, 6.07) is 5.17. The first-order valence-corrected chi connectivity index (χ1v) is 13.2. The van der Waals surface area contributed by atoms with Gasteiger partial charge in [0.05, 0.1) is 13.2 Å². The van der Waals surface area contributed by atoms with Crippen molar-refractivity contribution < 1.29 is 79.5 Å². The zero-order valence-corrected chi connectivity index (χ0v) is 22.4. The molecule has 5 rings (SSSR count). The quantitative estimate of drug-likeness (QED) is 0.119. The number of fused-ring (bicyclic) bond motifs is 1. The van der Waals surface area contributed by atoms with Crippen molar-refractivity contribution in [3.63, 3.8) is 0 Å². The van der Waals surface area contributed by atoms with Crippen LogP contribution in [0.5, 0.6) is 28.7 Å². The molecular weight excluding hydrogens is 596 g/mol. The van der Waals surface area contributed by atoms with E-state index in [9.17, 15) is 61.0 Å². The summed E-state index contributed by atoms with van der Waals surface area (Å²) in [4.78, 5) is 13.6. The lowest BCUT2D eigenvalue weighted by atomic mass is 9.98. The van der Waals surface area contributed by atoms with Crippen LogP contribution in [0.4, 0.5) is 0 Å². The second-order valence-corrected chi connectivity index (χ2v) is 10.3. The highest BCUT2D eigenvalue weighted by atomic mass is 16.7. The summed E-state index contributed by atoms with van der Waals surface area (Å²) in [7, 11) is 0. The number of phenolic OH excluding ortho intramolecular Hbond substituents is 4. The summed E-state index contributed by atoms with van der Waals surface area (Å²) < 4.78 is 27.6. The van der Waals surface area contributed by atoms with Crippen LogP contribution in [0.2, 0.25) is 0 Å². The number of hydrogen-bond acceptors (Lipinski definition) is 17. The van der Waals surface area contributed by atoms with Crippen LogP contribution in [-0.2, 0) is 14.2 Å². The Morgan fingerprint density at radius 2 is 1.34 bits per heavy atom. The van der Waals surface area contributed by atoms with Crippen molar-refractivity contribution in [1.29, 1.82) is 0 Å². The van der Waals surface area contributed by atoms with E-state index in [1.807, 2.05) is 0 Å². The van der Waals surface area contributed by atoms with Gasteiger partial charge >= 0.3 is 0 Å². The molecule has 240 valence electrons. The standard InChI is InChI=1S/C27H30O17/c28-6-14-17(33)20(36)22(38)26(42-14)40-7-15-18(34)21(37)23(39)27(43-15)44-25-19(35)16-12(32)4-9(29)5-13(16)41-24(25)8-1-2-10(30)11(31)3-8/h1-5,14-15,17-18,20-23,26-34,36-39H,6-7H2/t14-,15-,17-,18-,20+,21+,22-,23-,26?,27+/m1/s1. The first-order chi connectivity index (χ1) is 20.8. The molecule has 2 aliphatic heterocycles. The predicted molar refractivity (Wildman–Crippen MR) is 142 cm³/mol. The number of ether oxygens (including phenoxy) is 4. The monoisotopic (exact) mass is 626 g/mol. The third-order valence-corrected chi connectivity index (χ3v) is 7.33. The molecule has 0 spiro atoms. The lowest BCUT2D eigenvalue weighted by molar-refractivity contribution is -0.323. The minimum Gasteiger partial charge on any atom is -0.508 e. The summed E-state index contributed by atoms with van der Waals surface area (Å²) in [6.45, 7) is -1.42. The molecule has 3 heterocycles. The highest BCUT2D eigenvalue weighted by Gasteiger charge is 2.48. The van der Waals surface area contributed by atoms with Gasteiger partial charge in [-0.25, -0.2) is 0 Å². The van der Waals surface area contributed by atoms with Crippen LogP contribution in [0.3, 0.4) is 0 Å². The van der Waals surface area contributed by atoms with E-state index in [0.717, 1.165) is 24.3 Å². The normalized spacial score (nSPS) is 32.5. The maximum Gasteiger partial charge on any atom is 0.239 e. The zero-order valence-electron chi connectivity index (χ0n) is 22.4. The Morgan fingerprint density at radius 3 is 2.00 bits per heavy atom. The molecule has 10 atom stereocenters. The Balaban J connectivity index is 1.47. The summed E-state index contributed by atoms with van der Waals surface area (Å²) in [5, 5.41) is 111. The molecule has 0 aliphatic carbocycles. The first-order valence-electron chi connectivity index (χ1n) is 13.2. The van der Waals surface area contributed by atoms with Crippen molar-refractivity contribution in [3.05, 3.63) is 40.6 Å². The molecule has 3 aromatic rings. The number of benzene rings is 2. The van der Waals surface area contributed by atoms with E-state index in [2.05, 4.69) is 0 Å². The Morgan fingerprint density at radius 1 is 0.705 bits per heavy atom. The molecule has 17 nitrogen and oxygen atoms in total. The average Bonchev–Trinajstić information content (AvgIpc) is 2.98. The zero-order chi connectivity index (χ0) is 32.0. The van der Waals surface area contributed by atoms with Gasteiger partial charge < -0.3 is 79.5 Å². The lowest BCUT2D eigenvalue weighted by Crippen LogP contribution is -2.62. The fourth-order valence-electron chi connectivity index (χ4n) is 4.89. The van der Waals surface area contributed by atoms with E-state index in [-0.39, 0.29) is 11.1 Å². The highest BCUT2D eigenvalue weighted by molar-refractivity contribution is 5.88. The molecule has 2 aliphatic rings. The second kappa shape index (κ2) is 12.3. The lowest BCUT2D eigenvalue weighted by Gasteiger charge is -2.42. The van der Waals surface area contributed by atoms with Crippen LogP contribution in [0, 0.1) is 0 Å². The van der Waals surface area contributed by atoms with E-state index in [0.29, 0.717) is 0 Å². The summed E-state index contributed by atoms with van der Waals surface area (Å²) in [6.07, 6.45) is -17.4. The third-order valence-electron chi connectivity index (χ3n) is 7.33. The van der Waals surface area contributed by atoms with Crippen molar-refractivity contribution in [1.82, 2.24) is 0 Å². The van der Waals surface area contributed by atoms with Gasteiger partial charge in [-0.1, -0.05) is 0 Å². The summed E-state index contributed by atoms with van der Waals surface area (Å²) in [5.74, 6) is -3.44. The highest BCUT2D eigenvalue weighted by Crippen LogP contribution is 2.39. The van der Waals surface area contributed by atoms with Gasteiger partial charge in [-0.05, 0) is 18.2 Å². The maximum absolute atomic E-state index is 13.6. The molecule has 2 saturated heterocycles. The first kappa shape index (κ1) is 31.7. The Hall–Kier alpha value is -3.75. The Kier molecular flexibility index (Phi) is 8.87. The molecule has 44 heavy (non-hydrogen) atoms. The molecule has 1 unspecified atom stereocenters. The van der Waals surface area contributed by atoms with Crippen molar-refractivity contribution in [2.75, 3.05) is 13.2 Å². The second-order valence-electron chi connectivity index (χ2n) is 10.3. The van der Waals surface area contributed by atoms with E-state index < -0.39 is 120 Å².